The van der Waals surface area contributed by atoms with Gasteiger partial charge in [-0.15, -0.1) is 0 Å². The van der Waals surface area contributed by atoms with Crippen LogP contribution < -0.4 is 5.56 Å². The van der Waals surface area contributed by atoms with Crippen LogP contribution in [0.2, 0.25) is 0 Å². The molecule has 1 heterocycles. The first-order chi connectivity index (χ1) is 6.68. The maximum atomic E-state index is 11.9. The molecule has 0 bridgehead atoms. The Bertz CT molecular complexity index is 391. The highest BCUT2D eigenvalue weighted by atomic mass is 79.9. The Hall–Kier alpha value is -0.570. The van der Waals surface area contributed by atoms with E-state index in [9.17, 15) is 4.79 Å². The molecule has 0 saturated heterocycles. The standard InChI is InChI=1S/C11H14BrNO/c1-8-6-9(12)7-13(11(8)14)10-4-2-3-5-10/h6-7,10H,2-5H2,1H3. The van der Waals surface area contributed by atoms with Crippen LogP contribution in [0.15, 0.2) is 21.5 Å². The fourth-order valence-corrected chi connectivity index (χ4v) is 2.72. The van der Waals surface area contributed by atoms with Gasteiger partial charge in [-0.2, -0.15) is 0 Å². The Morgan fingerprint density at radius 1 is 1.43 bits per heavy atom. The summed E-state index contributed by atoms with van der Waals surface area (Å²) in [6.07, 6.45) is 6.72. The lowest BCUT2D eigenvalue weighted by atomic mass is 10.2. The summed E-state index contributed by atoms with van der Waals surface area (Å²) < 4.78 is 2.90. The van der Waals surface area contributed by atoms with Crippen molar-refractivity contribution in [1.29, 1.82) is 0 Å². The summed E-state index contributed by atoms with van der Waals surface area (Å²) in [6, 6.07) is 2.31. The van der Waals surface area contributed by atoms with Gasteiger partial charge < -0.3 is 4.57 Å². The SMILES string of the molecule is Cc1cc(Br)cn(C2CCCC2)c1=O. The van der Waals surface area contributed by atoms with Gasteiger partial charge in [0.15, 0.2) is 0 Å². The average molecular weight is 256 g/mol. The number of aromatic nitrogens is 1. The summed E-state index contributed by atoms with van der Waals surface area (Å²) in [7, 11) is 0. The van der Waals surface area contributed by atoms with Crippen LogP contribution in [0.3, 0.4) is 0 Å². The summed E-state index contributed by atoms with van der Waals surface area (Å²) in [5.74, 6) is 0. The minimum atomic E-state index is 0.167. The molecule has 1 aliphatic rings. The zero-order valence-electron chi connectivity index (χ0n) is 8.29. The molecule has 0 amide bonds. The fourth-order valence-electron chi connectivity index (χ4n) is 2.15. The third-order valence-electron chi connectivity index (χ3n) is 2.91. The summed E-state index contributed by atoms with van der Waals surface area (Å²) in [6.45, 7) is 1.87. The molecule has 0 N–H and O–H groups in total. The van der Waals surface area contributed by atoms with E-state index in [1.165, 1.54) is 12.8 Å². The highest BCUT2D eigenvalue weighted by Gasteiger charge is 2.18. The molecule has 0 aliphatic heterocycles. The molecule has 1 saturated carbocycles. The van der Waals surface area contributed by atoms with Crippen molar-refractivity contribution in [3.63, 3.8) is 0 Å². The molecule has 1 fully saturated rings. The first-order valence-corrected chi connectivity index (χ1v) is 5.86. The van der Waals surface area contributed by atoms with Gasteiger partial charge in [0.2, 0.25) is 0 Å². The molecule has 2 rings (SSSR count). The van der Waals surface area contributed by atoms with Crippen LogP contribution in [0.4, 0.5) is 0 Å². The van der Waals surface area contributed by atoms with Gasteiger partial charge in [-0.25, -0.2) is 0 Å². The fraction of sp³-hybridized carbons (Fsp3) is 0.545. The molecule has 1 aromatic rings. The van der Waals surface area contributed by atoms with E-state index in [-0.39, 0.29) is 5.56 Å². The van der Waals surface area contributed by atoms with Crippen molar-refractivity contribution in [2.75, 3.05) is 0 Å². The van der Waals surface area contributed by atoms with Gasteiger partial charge in [-0.05, 0) is 41.8 Å². The lowest BCUT2D eigenvalue weighted by molar-refractivity contribution is 0.499. The predicted octanol–water partition coefficient (Wildman–Crippen LogP) is 3.03. The molecule has 1 aromatic heterocycles. The van der Waals surface area contributed by atoms with Crippen molar-refractivity contribution < 1.29 is 0 Å². The molecule has 2 nitrogen and oxygen atoms in total. The summed E-state index contributed by atoms with van der Waals surface area (Å²) in [5.41, 5.74) is 0.992. The Balaban J connectivity index is 2.46. The Kier molecular flexibility index (Phi) is 2.77. The van der Waals surface area contributed by atoms with E-state index in [4.69, 9.17) is 0 Å². The minimum Gasteiger partial charge on any atom is -0.311 e. The second-order valence-corrected chi connectivity index (χ2v) is 4.91. The van der Waals surface area contributed by atoms with E-state index in [1.807, 2.05) is 23.8 Å². The topological polar surface area (TPSA) is 22.0 Å². The number of halogens is 1. The average Bonchev–Trinajstić information content (AvgIpc) is 2.63. The minimum absolute atomic E-state index is 0.167. The van der Waals surface area contributed by atoms with Crippen LogP contribution in [0, 0.1) is 6.92 Å². The lowest BCUT2D eigenvalue weighted by Crippen LogP contribution is -2.24. The van der Waals surface area contributed by atoms with Crippen molar-refractivity contribution in [2.24, 2.45) is 0 Å². The molecule has 0 atom stereocenters. The van der Waals surface area contributed by atoms with Crippen molar-refractivity contribution in [2.45, 2.75) is 38.6 Å². The second kappa shape index (κ2) is 3.89. The zero-order valence-corrected chi connectivity index (χ0v) is 9.88. The van der Waals surface area contributed by atoms with Gasteiger partial charge in [-0.3, -0.25) is 4.79 Å². The largest absolute Gasteiger partial charge is 0.311 e. The van der Waals surface area contributed by atoms with Gasteiger partial charge in [0.25, 0.3) is 5.56 Å². The highest BCUT2D eigenvalue weighted by molar-refractivity contribution is 9.10. The van der Waals surface area contributed by atoms with E-state index >= 15 is 0 Å². The van der Waals surface area contributed by atoms with Gasteiger partial charge in [0.1, 0.15) is 0 Å². The summed E-state index contributed by atoms with van der Waals surface area (Å²) in [5, 5.41) is 0. The Labute approximate surface area is 92.1 Å². The molecular formula is C11H14BrNO. The number of hydrogen-bond donors (Lipinski definition) is 0. The molecular weight excluding hydrogens is 242 g/mol. The zero-order chi connectivity index (χ0) is 10.1. The summed E-state index contributed by atoms with van der Waals surface area (Å²) in [4.78, 5) is 11.9. The number of aryl methyl sites for hydroxylation is 1. The third-order valence-corrected chi connectivity index (χ3v) is 3.34. The first kappa shape index (κ1) is 9.97. The second-order valence-electron chi connectivity index (χ2n) is 3.99. The highest BCUT2D eigenvalue weighted by Crippen LogP contribution is 2.28. The molecule has 1 aliphatic carbocycles. The van der Waals surface area contributed by atoms with Crippen LogP contribution in [0.25, 0.3) is 0 Å². The van der Waals surface area contributed by atoms with Crippen molar-refractivity contribution in [1.82, 2.24) is 4.57 Å². The molecule has 0 radical (unpaired) electrons. The van der Waals surface area contributed by atoms with Crippen LogP contribution in [-0.2, 0) is 0 Å². The normalized spacial score (nSPS) is 17.6. The third kappa shape index (κ3) is 1.78. The number of pyridine rings is 1. The van der Waals surface area contributed by atoms with Crippen LogP contribution in [-0.4, -0.2) is 4.57 Å². The molecule has 76 valence electrons. The maximum absolute atomic E-state index is 11.9. The van der Waals surface area contributed by atoms with E-state index < -0.39 is 0 Å². The van der Waals surface area contributed by atoms with Gasteiger partial charge >= 0.3 is 0 Å². The van der Waals surface area contributed by atoms with Crippen molar-refractivity contribution in [3.8, 4) is 0 Å². The Morgan fingerprint density at radius 2 is 2.07 bits per heavy atom. The number of nitrogens with zero attached hydrogens (tertiary/aromatic N) is 1. The first-order valence-electron chi connectivity index (χ1n) is 5.07. The van der Waals surface area contributed by atoms with Crippen molar-refractivity contribution >= 4 is 15.9 Å². The number of hydrogen-bond acceptors (Lipinski definition) is 1. The molecule has 14 heavy (non-hydrogen) atoms. The number of rotatable bonds is 1. The molecule has 0 aromatic carbocycles. The van der Waals surface area contributed by atoms with E-state index in [0.717, 1.165) is 22.9 Å². The van der Waals surface area contributed by atoms with Crippen LogP contribution in [0.5, 0.6) is 0 Å². The van der Waals surface area contributed by atoms with Crippen molar-refractivity contribution in [3.05, 3.63) is 32.7 Å². The Morgan fingerprint density at radius 3 is 2.71 bits per heavy atom. The van der Waals surface area contributed by atoms with E-state index in [0.29, 0.717) is 6.04 Å². The molecule has 0 spiro atoms. The summed E-state index contributed by atoms with van der Waals surface area (Å²) >= 11 is 3.43. The van der Waals surface area contributed by atoms with Gasteiger partial charge in [0.05, 0.1) is 0 Å². The van der Waals surface area contributed by atoms with Crippen LogP contribution in [0.1, 0.15) is 37.3 Å². The smallest absolute Gasteiger partial charge is 0.253 e. The predicted molar refractivity (Wildman–Crippen MR) is 60.6 cm³/mol. The monoisotopic (exact) mass is 255 g/mol. The van der Waals surface area contributed by atoms with E-state index in [2.05, 4.69) is 15.9 Å². The molecule has 3 heteroatoms. The maximum Gasteiger partial charge on any atom is 0.253 e. The van der Waals surface area contributed by atoms with E-state index in [1.54, 1.807) is 0 Å². The quantitative estimate of drug-likeness (QED) is 0.757. The van der Waals surface area contributed by atoms with Gasteiger partial charge in [-0.1, -0.05) is 12.8 Å². The van der Waals surface area contributed by atoms with Crippen LogP contribution >= 0.6 is 15.9 Å². The molecule has 0 unspecified atom stereocenters. The lowest BCUT2D eigenvalue weighted by Gasteiger charge is -2.14. The van der Waals surface area contributed by atoms with Gasteiger partial charge in [0, 0.05) is 22.3 Å².